The molecule has 3 heterocycles. The van der Waals surface area contributed by atoms with Crippen LogP contribution in [0.5, 0.6) is 0 Å². The molecule has 18 heavy (non-hydrogen) atoms. The highest BCUT2D eigenvalue weighted by atomic mass is 15.3. The van der Waals surface area contributed by atoms with Crippen molar-refractivity contribution < 1.29 is 0 Å². The summed E-state index contributed by atoms with van der Waals surface area (Å²) in [6.45, 7) is 8.83. The predicted octanol–water partition coefficient (Wildman–Crippen LogP) is 2.24. The van der Waals surface area contributed by atoms with Crippen LogP contribution in [0, 0.1) is 6.92 Å². The van der Waals surface area contributed by atoms with Gasteiger partial charge in [0.05, 0.1) is 0 Å². The molecule has 1 aliphatic heterocycles. The number of likely N-dealkylation sites (tertiary alicyclic amines) is 1. The van der Waals surface area contributed by atoms with Crippen LogP contribution < -0.4 is 0 Å². The molecule has 2 aromatic rings. The van der Waals surface area contributed by atoms with E-state index in [1.807, 2.05) is 16.6 Å². The second kappa shape index (κ2) is 4.35. The monoisotopic (exact) mass is 244 g/mol. The van der Waals surface area contributed by atoms with Crippen LogP contribution in [0.4, 0.5) is 0 Å². The molecular weight excluding hydrogens is 224 g/mol. The van der Waals surface area contributed by atoms with Gasteiger partial charge < -0.3 is 4.90 Å². The molecule has 0 bridgehead atoms. The summed E-state index contributed by atoms with van der Waals surface area (Å²) < 4.78 is 1.95. The van der Waals surface area contributed by atoms with Gasteiger partial charge >= 0.3 is 0 Å². The molecule has 4 nitrogen and oxygen atoms in total. The summed E-state index contributed by atoms with van der Waals surface area (Å²) in [5.41, 5.74) is 2.11. The van der Waals surface area contributed by atoms with Crippen molar-refractivity contribution in [3.8, 4) is 0 Å². The highest BCUT2D eigenvalue weighted by Crippen LogP contribution is 2.26. The second-order valence-corrected chi connectivity index (χ2v) is 5.48. The number of hydrogen-bond acceptors (Lipinski definition) is 3. The lowest BCUT2D eigenvalue weighted by molar-refractivity contribution is 0.272. The largest absolute Gasteiger partial charge is 0.300 e. The Hall–Kier alpha value is -1.42. The van der Waals surface area contributed by atoms with Crippen LogP contribution in [0.2, 0.25) is 0 Å². The van der Waals surface area contributed by atoms with Crippen LogP contribution in [0.25, 0.3) is 5.65 Å². The average molecular weight is 244 g/mol. The van der Waals surface area contributed by atoms with Gasteiger partial charge in [0.25, 0.3) is 0 Å². The summed E-state index contributed by atoms with van der Waals surface area (Å²) in [5, 5.41) is 4.67. The molecule has 2 aromatic heterocycles. The molecule has 1 saturated heterocycles. The SMILES string of the molecule is Cc1cccc2nc(C3CCN(C(C)C)C3)nn12. The van der Waals surface area contributed by atoms with Gasteiger partial charge in [-0.15, -0.1) is 0 Å². The van der Waals surface area contributed by atoms with E-state index < -0.39 is 0 Å². The zero-order valence-corrected chi connectivity index (χ0v) is 11.3. The van der Waals surface area contributed by atoms with Crippen LogP contribution in [-0.2, 0) is 0 Å². The van der Waals surface area contributed by atoms with Gasteiger partial charge in [-0.05, 0) is 45.9 Å². The maximum absolute atomic E-state index is 4.67. The van der Waals surface area contributed by atoms with Crippen molar-refractivity contribution in [2.24, 2.45) is 0 Å². The molecule has 1 aliphatic rings. The quantitative estimate of drug-likeness (QED) is 0.812. The zero-order chi connectivity index (χ0) is 12.7. The maximum atomic E-state index is 4.67. The minimum atomic E-state index is 0.492. The summed E-state index contributed by atoms with van der Waals surface area (Å²) in [7, 11) is 0. The van der Waals surface area contributed by atoms with E-state index in [2.05, 4.69) is 41.8 Å². The third-order valence-electron chi connectivity index (χ3n) is 3.88. The number of pyridine rings is 1. The number of fused-ring (bicyclic) bond motifs is 1. The predicted molar refractivity (Wildman–Crippen MR) is 71.8 cm³/mol. The molecule has 0 N–H and O–H groups in total. The van der Waals surface area contributed by atoms with Gasteiger partial charge in [0.15, 0.2) is 11.5 Å². The minimum absolute atomic E-state index is 0.492. The molecule has 0 aromatic carbocycles. The average Bonchev–Trinajstić information content (AvgIpc) is 2.95. The van der Waals surface area contributed by atoms with Gasteiger partial charge in [-0.2, -0.15) is 5.10 Å². The summed E-state index contributed by atoms with van der Waals surface area (Å²) in [6, 6.07) is 6.76. The molecule has 1 unspecified atom stereocenters. The third-order valence-corrected chi connectivity index (χ3v) is 3.88. The fraction of sp³-hybridized carbons (Fsp3) is 0.571. The van der Waals surface area contributed by atoms with Crippen LogP contribution in [0.3, 0.4) is 0 Å². The van der Waals surface area contributed by atoms with Crippen molar-refractivity contribution in [2.75, 3.05) is 13.1 Å². The van der Waals surface area contributed by atoms with Crippen molar-refractivity contribution in [1.29, 1.82) is 0 Å². The highest BCUT2D eigenvalue weighted by Gasteiger charge is 2.28. The van der Waals surface area contributed by atoms with Crippen molar-refractivity contribution in [3.63, 3.8) is 0 Å². The van der Waals surface area contributed by atoms with E-state index in [0.717, 1.165) is 30.3 Å². The Kier molecular flexibility index (Phi) is 2.82. The summed E-state index contributed by atoms with van der Waals surface area (Å²) >= 11 is 0. The number of rotatable bonds is 2. The Morgan fingerprint density at radius 2 is 2.17 bits per heavy atom. The molecule has 0 spiro atoms. The minimum Gasteiger partial charge on any atom is -0.300 e. The lowest BCUT2D eigenvalue weighted by Gasteiger charge is -2.19. The van der Waals surface area contributed by atoms with Crippen molar-refractivity contribution in [1.82, 2.24) is 19.5 Å². The Labute approximate surface area is 108 Å². The van der Waals surface area contributed by atoms with E-state index in [1.54, 1.807) is 0 Å². The zero-order valence-electron chi connectivity index (χ0n) is 11.3. The van der Waals surface area contributed by atoms with Gasteiger partial charge in [0.1, 0.15) is 0 Å². The molecular formula is C14H20N4. The van der Waals surface area contributed by atoms with Crippen LogP contribution in [0.1, 0.15) is 37.7 Å². The fourth-order valence-corrected chi connectivity index (χ4v) is 2.69. The lowest BCUT2D eigenvalue weighted by Crippen LogP contribution is -2.28. The molecule has 0 radical (unpaired) electrons. The Bertz CT molecular complexity index is 558. The molecule has 0 saturated carbocycles. The van der Waals surface area contributed by atoms with E-state index in [-0.39, 0.29) is 0 Å². The fourth-order valence-electron chi connectivity index (χ4n) is 2.69. The van der Waals surface area contributed by atoms with E-state index in [4.69, 9.17) is 0 Å². The van der Waals surface area contributed by atoms with Gasteiger partial charge in [-0.3, -0.25) is 0 Å². The van der Waals surface area contributed by atoms with Crippen molar-refractivity contribution in [3.05, 3.63) is 29.7 Å². The van der Waals surface area contributed by atoms with Crippen LogP contribution >= 0.6 is 0 Å². The van der Waals surface area contributed by atoms with Crippen LogP contribution in [0.15, 0.2) is 18.2 Å². The summed E-state index contributed by atoms with van der Waals surface area (Å²) in [4.78, 5) is 7.18. The second-order valence-electron chi connectivity index (χ2n) is 5.48. The van der Waals surface area contributed by atoms with Gasteiger partial charge in [-0.25, -0.2) is 9.50 Å². The smallest absolute Gasteiger partial charge is 0.156 e. The van der Waals surface area contributed by atoms with E-state index in [0.29, 0.717) is 12.0 Å². The first kappa shape index (κ1) is 11.7. The van der Waals surface area contributed by atoms with Crippen LogP contribution in [-0.4, -0.2) is 38.6 Å². The van der Waals surface area contributed by atoms with E-state index in [1.165, 1.54) is 6.42 Å². The third kappa shape index (κ3) is 1.90. The van der Waals surface area contributed by atoms with Gasteiger partial charge in [0.2, 0.25) is 0 Å². The van der Waals surface area contributed by atoms with Crippen molar-refractivity contribution in [2.45, 2.75) is 39.2 Å². The molecule has 96 valence electrons. The number of aryl methyl sites for hydroxylation is 1. The Morgan fingerprint density at radius 1 is 1.33 bits per heavy atom. The topological polar surface area (TPSA) is 33.4 Å². The lowest BCUT2D eigenvalue weighted by atomic mass is 10.1. The number of aromatic nitrogens is 3. The maximum Gasteiger partial charge on any atom is 0.156 e. The first-order valence-electron chi connectivity index (χ1n) is 6.71. The molecule has 1 fully saturated rings. The van der Waals surface area contributed by atoms with Crippen molar-refractivity contribution >= 4 is 5.65 Å². The first-order chi connectivity index (χ1) is 8.65. The standard InChI is InChI=1S/C14H20N4/c1-10(2)17-8-7-12(9-17)14-15-13-6-4-5-11(3)18(13)16-14/h4-6,10,12H,7-9H2,1-3H3. The molecule has 0 aliphatic carbocycles. The van der Waals surface area contributed by atoms with E-state index >= 15 is 0 Å². The molecule has 4 heteroatoms. The number of nitrogens with zero attached hydrogens (tertiary/aromatic N) is 4. The Morgan fingerprint density at radius 3 is 2.83 bits per heavy atom. The van der Waals surface area contributed by atoms with Gasteiger partial charge in [-0.1, -0.05) is 6.07 Å². The van der Waals surface area contributed by atoms with E-state index in [9.17, 15) is 0 Å². The van der Waals surface area contributed by atoms with Gasteiger partial charge in [0, 0.05) is 24.2 Å². The normalized spacial score (nSPS) is 21.2. The molecule has 0 amide bonds. The Balaban J connectivity index is 1.89. The molecule has 3 rings (SSSR count). The summed E-state index contributed by atoms with van der Waals surface area (Å²) in [6.07, 6.45) is 1.17. The highest BCUT2D eigenvalue weighted by molar-refractivity contribution is 5.39. The summed E-state index contributed by atoms with van der Waals surface area (Å²) in [5.74, 6) is 1.50. The molecule has 1 atom stereocenters. The number of hydrogen-bond donors (Lipinski definition) is 0. The first-order valence-corrected chi connectivity index (χ1v) is 6.71.